The highest BCUT2D eigenvalue weighted by molar-refractivity contribution is 5.82. The van der Waals surface area contributed by atoms with E-state index in [0.29, 0.717) is 12.3 Å². The van der Waals surface area contributed by atoms with Crippen LogP contribution in [0.4, 0.5) is 4.79 Å². The van der Waals surface area contributed by atoms with Crippen LogP contribution >= 0.6 is 0 Å². The molecular weight excluding hydrogens is 244 g/mol. The fourth-order valence-electron chi connectivity index (χ4n) is 2.72. The normalized spacial score (nSPS) is 24.6. The molecule has 2 unspecified atom stereocenters. The molecule has 1 rings (SSSR count). The van der Waals surface area contributed by atoms with Crippen LogP contribution in [0.2, 0.25) is 0 Å². The van der Waals surface area contributed by atoms with Crippen LogP contribution in [0.15, 0.2) is 0 Å². The van der Waals surface area contributed by atoms with E-state index < -0.39 is 12.0 Å². The Morgan fingerprint density at radius 2 is 2.11 bits per heavy atom. The van der Waals surface area contributed by atoms with Gasteiger partial charge in [0.1, 0.15) is 6.04 Å². The fourth-order valence-corrected chi connectivity index (χ4v) is 2.72. The molecule has 19 heavy (non-hydrogen) atoms. The van der Waals surface area contributed by atoms with Gasteiger partial charge in [0.2, 0.25) is 0 Å². The van der Waals surface area contributed by atoms with Gasteiger partial charge in [-0.3, -0.25) is 0 Å². The van der Waals surface area contributed by atoms with Gasteiger partial charge in [-0.05, 0) is 25.2 Å². The number of carboxylic acids is 1. The van der Waals surface area contributed by atoms with Gasteiger partial charge in [0.05, 0.1) is 0 Å². The van der Waals surface area contributed by atoms with Crippen molar-refractivity contribution in [2.75, 3.05) is 7.05 Å². The number of aliphatic carboxylic acids is 1. The van der Waals surface area contributed by atoms with Gasteiger partial charge in [-0.25, -0.2) is 9.59 Å². The third-order valence-corrected chi connectivity index (χ3v) is 3.95. The molecule has 110 valence electrons. The van der Waals surface area contributed by atoms with Crippen LogP contribution in [0.3, 0.4) is 0 Å². The molecule has 1 fully saturated rings. The first kappa shape index (κ1) is 15.8. The number of carboxylic acid groups (broad SMARTS) is 1. The van der Waals surface area contributed by atoms with Gasteiger partial charge in [0, 0.05) is 13.1 Å². The molecule has 0 bridgehead atoms. The molecule has 0 aromatic heterocycles. The summed E-state index contributed by atoms with van der Waals surface area (Å²) in [5, 5.41) is 11.7. The molecule has 2 N–H and O–H groups in total. The minimum Gasteiger partial charge on any atom is -0.480 e. The Balaban J connectivity index is 2.53. The number of nitrogens with zero attached hydrogens (tertiary/aromatic N) is 1. The molecule has 0 radical (unpaired) electrons. The Morgan fingerprint density at radius 3 is 2.63 bits per heavy atom. The molecule has 3 atom stereocenters. The van der Waals surface area contributed by atoms with Crippen molar-refractivity contribution in [3.8, 4) is 0 Å². The number of urea groups is 1. The lowest BCUT2D eigenvalue weighted by Crippen LogP contribution is -2.50. The van der Waals surface area contributed by atoms with Crippen LogP contribution in [-0.4, -0.2) is 41.1 Å². The first-order valence-electron chi connectivity index (χ1n) is 7.21. The largest absolute Gasteiger partial charge is 0.480 e. The Kier molecular flexibility index (Phi) is 6.12. The number of nitrogens with one attached hydrogen (secondary N) is 1. The molecule has 0 spiro atoms. The summed E-state index contributed by atoms with van der Waals surface area (Å²) in [6.07, 6.45) is 5.59. The molecule has 0 aliphatic heterocycles. The molecule has 0 heterocycles. The summed E-state index contributed by atoms with van der Waals surface area (Å²) in [4.78, 5) is 24.8. The minimum atomic E-state index is -0.958. The molecule has 5 nitrogen and oxygen atoms in total. The van der Waals surface area contributed by atoms with Crippen LogP contribution < -0.4 is 5.32 Å². The second-order valence-electron chi connectivity index (χ2n) is 5.67. The van der Waals surface area contributed by atoms with E-state index in [0.717, 1.165) is 25.7 Å². The van der Waals surface area contributed by atoms with Crippen molar-refractivity contribution in [3.63, 3.8) is 0 Å². The number of hydrogen-bond donors (Lipinski definition) is 2. The standard InChI is InChI=1S/C14H26N2O3/c1-4-6-12(13(17)18)15-14(19)16(3)11-8-5-7-10(2)9-11/h10-12H,4-9H2,1-3H3,(H,15,19)(H,17,18)/t10?,11?,12-/m1/s1. The quantitative estimate of drug-likeness (QED) is 0.806. The highest BCUT2D eigenvalue weighted by Gasteiger charge is 2.27. The number of carbonyl (C=O) groups is 2. The van der Waals surface area contributed by atoms with E-state index in [-0.39, 0.29) is 12.1 Å². The number of rotatable bonds is 5. The lowest BCUT2D eigenvalue weighted by molar-refractivity contribution is -0.139. The maximum Gasteiger partial charge on any atom is 0.326 e. The van der Waals surface area contributed by atoms with Crippen LogP contribution in [0, 0.1) is 5.92 Å². The Labute approximate surface area is 115 Å². The van der Waals surface area contributed by atoms with E-state index in [4.69, 9.17) is 5.11 Å². The smallest absolute Gasteiger partial charge is 0.326 e. The SMILES string of the molecule is CCC[C@@H](NC(=O)N(C)C1CCCC(C)C1)C(=O)O. The molecular formula is C14H26N2O3. The number of carbonyl (C=O) groups excluding carboxylic acids is 1. The monoisotopic (exact) mass is 270 g/mol. The lowest BCUT2D eigenvalue weighted by atomic mass is 9.86. The second kappa shape index (κ2) is 7.36. The van der Waals surface area contributed by atoms with Crippen LogP contribution in [0.5, 0.6) is 0 Å². The van der Waals surface area contributed by atoms with E-state index in [2.05, 4.69) is 12.2 Å². The van der Waals surface area contributed by atoms with Crippen LogP contribution in [0.25, 0.3) is 0 Å². The van der Waals surface area contributed by atoms with Gasteiger partial charge in [-0.1, -0.05) is 33.1 Å². The predicted octanol–water partition coefficient (Wildman–Crippen LogP) is 2.46. The van der Waals surface area contributed by atoms with Crippen molar-refractivity contribution in [2.45, 2.75) is 64.5 Å². The molecule has 0 aromatic carbocycles. The van der Waals surface area contributed by atoms with Gasteiger partial charge in [0.25, 0.3) is 0 Å². The molecule has 0 saturated heterocycles. The van der Waals surface area contributed by atoms with Gasteiger partial charge in [-0.15, -0.1) is 0 Å². The summed E-state index contributed by atoms with van der Waals surface area (Å²) >= 11 is 0. The molecule has 1 saturated carbocycles. The van der Waals surface area contributed by atoms with Gasteiger partial charge in [0.15, 0.2) is 0 Å². The highest BCUT2D eigenvalue weighted by Crippen LogP contribution is 2.26. The predicted molar refractivity (Wildman–Crippen MR) is 74.0 cm³/mol. The van der Waals surface area contributed by atoms with Crippen molar-refractivity contribution in [1.29, 1.82) is 0 Å². The van der Waals surface area contributed by atoms with E-state index in [1.54, 1.807) is 11.9 Å². The minimum absolute atomic E-state index is 0.236. The zero-order valence-electron chi connectivity index (χ0n) is 12.2. The van der Waals surface area contributed by atoms with Gasteiger partial charge in [-0.2, -0.15) is 0 Å². The summed E-state index contributed by atoms with van der Waals surface area (Å²) < 4.78 is 0. The summed E-state index contributed by atoms with van der Waals surface area (Å²) in [6, 6.07) is -0.805. The van der Waals surface area contributed by atoms with E-state index in [9.17, 15) is 9.59 Å². The van der Waals surface area contributed by atoms with Crippen LogP contribution in [0.1, 0.15) is 52.4 Å². The maximum atomic E-state index is 12.1. The zero-order chi connectivity index (χ0) is 14.4. The topological polar surface area (TPSA) is 69.6 Å². The Bertz CT molecular complexity index is 320. The maximum absolute atomic E-state index is 12.1. The average molecular weight is 270 g/mol. The molecule has 1 aliphatic carbocycles. The van der Waals surface area contributed by atoms with Gasteiger partial charge >= 0.3 is 12.0 Å². The first-order chi connectivity index (χ1) is 8.95. The third-order valence-electron chi connectivity index (χ3n) is 3.95. The van der Waals surface area contributed by atoms with E-state index in [1.165, 1.54) is 6.42 Å². The molecule has 2 amide bonds. The number of hydrogen-bond acceptors (Lipinski definition) is 2. The second-order valence-corrected chi connectivity index (χ2v) is 5.67. The lowest BCUT2D eigenvalue weighted by Gasteiger charge is -2.34. The van der Waals surface area contributed by atoms with Crippen LogP contribution in [-0.2, 0) is 4.79 Å². The number of amides is 2. The van der Waals surface area contributed by atoms with Crippen molar-refractivity contribution in [1.82, 2.24) is 10.2 Å². The fraction of sp³-hybridized carbons (Fsp3) is 0.857. The third kappa shape index (κ3) is 4.73. The zero-order valence-corrected chi connectivity index (χ0v) is 12.2. The van der Waals surface area contributed by atoms with Gasteiger partial charge < -0.3 is 15.3 Å². The van der Waals surface area contributed by atoms with Crippen molar-refractivity contribution in [3.05, 3.63) is 0 Å². The summed E-state index contributed by atoms with van der Waals surface area (Å²) in [7, 11) is 1.77. The van der Waals surface area contributed by atoms with Crippen molar-refractivity contribution < 1.29 is 14.7 Å². The summed E-state index contributed by atoms with van der Waals surface area (Å²) in [6.45, 7) is 4.11. The molecule has 1 aliphatic rings. The average Bonchev–Trinajstić information content (AvgIpc) is 2.37. The van der Waals surface area contributed by atoms with Crippen molar-refractivity contribution >= 4 is 12.0 Å². The Morgan fingerprint density at radius 1 is 1.42 bits per heavy atom. The first-order valence-corrected chi connectivity index (χ1v) is 7.21. The summed E-state index contributed by atoms with van der Waals surface area (Å²) in [5.41, 5.74) is 0. The van der Waals surface area contributed by atoms with Crippen molar-refractivity contribution in [2.24, 2.45) is 5.92 Å². The highest BCUT2D eigenvalue weighted by atomic mass is 16.4. The van der Waals surface area contributed by atoms with E-state index in [1.807, 2.05) is 6.92 Å². The molecule has 0 aromatic rings. The van der Waals surface area contributed by atoms with E-state index >= 15 is 0 Å². The Hall–Kier alpha value is -1.26. The summed E-state index contributed by atoms with van der Waals surface area (Å²) in [5.74, 6) is -0.319. The molecule has 5 heteroatoms.